The number of rotatable bonds is 2. The maximum atomic E-state index is 11.6. The second kappa shape index (κ2) is 4.09. The highest BCUT2D eigenvalue weighted by Crippen LogP contribution is 2.22. The summed E-state index contributed by atoms with van der Waals surface area (Å²) in [5.41, 5.74) is -0.0936. The van der Waals surface area contributed by atoms with Gasteiger partial charge in [-0.1, -0.05) is 17.7 Å². The Morgan fingerprint density at radius 2 is 2.53 bits per heavy atom. The Hall–Kier alpha value is -1.25. The number of hydrogen-bond acceptors (Lipinski definition) is 4. The molecule has 0 unspecified atom stereocenters. The second-order valence-corrected chi connectivity index (χ2v) is 5.14. The summed E-state index contributed by atoms with van der Waals surface area (Å²) >= 11 is 2.88. The fraction of sp³-hybridized carbons (Fsp3) is 0.200. The van der Waals surface area contributed by atoms with Gasteiger partial charge in [0.1, 0.15) is 4.83 Å². The van der Waals surface area contributed by atoms with Gasteiger partial charge in [-0.3, -0.25) is 4.79 Å². The van der Waals surface area contributed by atoms with Gasteiger partial charge in [-0.15, -0.1) is 17.8 Å². The summed E-state index contributed by atoms with van der Waals surface area (Å²) in [6, 6.07) is 1.85. The lowest BCUT2D eigenvalue weighted by atomic mass is 10.4. The zero-order valence-corrected chi connectivity index (χ0v) is 9.67. The first-order valence-electron chi connectivity index (χ1n) is 4.27. The van der Waals surface area contributed by atoms with Gasteiger partial charge in [0, 0.05) is 4.88 Å². The zero-order valence-electron chi connectivity index (χ0n) is 8.03. The Morgan fingerprint density at radius 3 is 3.27 bits per heavy atom. The van der Waals surface area contributed by atoms with Gasteiger partial charge in [-0.25, -0.2) is 4.98 Å². The van der Waals surface area contributed by atoms with E-state index in [1.807, 2.05) is 13.0 Å². The van der Waals surface area contributed by atoms with E-state index in [1.165, 1.54) is 23.1 Å². The normalized spacial score (nSPS) is 10.4. The van der Waals surface area contributed by atoms with Crippen LogP contribution in [0.3, 0.4) is 0 Å². The summed E-state index contributed by atoms with van der Waals surface area (Å²) < 4.78 is 0. The highest BCUT2D eigenvalue weighted by molar-refractivity contribution is 7.99. The Kier molecular flexibility index (Phi) is 2.80. The first kappa shape index (κ1) is 10.3. The van der Waals surface area contributed by atoms with E-state index in [0.717, 1.165) is 9.71 Å². The van der Waals surface area contributed by atoms with E-state index in [0.29, 0.717) is 16.3 Å². The minimum Gasteiger partial charge on any atom is -0.301 e. The van der Waals surface area contributed by atoms with Gasteiger partial charge >= 0.3 is 0 Å². The minimum absolute atomic E-state index is 0.0936. The maximum absolute atomic E-state index is 11.6. The van der Waals surface area contributed by atoms with Gasteiger partial charge in [0.05, 0.1) is 11.1 Å². The molecule has 0 aliphatic rings. The van der Waals surface area contributed by atoms with Crippen LogP contribution in [-0.4, -0.2) is 15.7 Å². The highest BCUT2D eigenvalue weighted by atomic mass is 32.2. The molecule has 1 N–H and O–H groups in total. The average Bonchev–Trinajstić information content (AvgIpc) is 2.56. The van der Waals surface area contributed by atoms with Crippen LogP contribution in [0.4, 0.5) is 0 Å². The van der Waals surface area contributed by atoms with Gasteiger partial charge in [0.2, 0.25) is 0 Å². The van der Waals surface area contributed by atoms with E-state index in [4.69, 9.17) is 6.42 Å². The molecule has 15 heavy (non-hydrogen) atoms. The van der Waals surface area contributed by atoms with Crippen molar-refractivity contribution >= 4 is 33.3 Å². The van der Waals surface area contributed by atoms with E-state index >= 15 is 0 Å². The van der Waals surface area contributed by atoms with Crippen molar-refractivity contribution in [3.8, 4) is 12.3 Å². The smallest absolute Gasteiger partial charge is 0.260 e. The predicted molar refractivity (Wildman–Crippen MR) is 64.5 cm³/mol. The SMILES string of the molecule is C#CCSc1nc2sc(C)cc2c(=O)[nH]1. The standard InChI is InChI=1S/C10H8N2OS2/c1-3-4-14-10-11-8(13)7-5-6(2)15-9(7)12-10/h1,5H,4H2,2H3,(H,11,12,13). The Morgan fingerprint density at radius 1 is 1.73 bits per heavy atom. The summed E-state index contributed by atoms with van der Waals surface area (Å²) in [4.78, 5) is 20.5. The third-order valence-electron chi connectivity index (χ3n) is 1.80. The van der Waals surface area contributed by atoms with Crippen LogP contribution in [0.15, 0.2) is 16.0 Å². The van der Waals surface area contributed by atoms with E-state index < -0.39 is 0 Å². The number of terminal acetylenes is 1. The van der Waals surface area contributed by atoms with E-state index in [-0.39, 0.29) is 5.56 Å². The predicted octanol–water partition coefficient (Wildman–Crippen LogP) is 2.02. The third-order valence-corrected chi connectivity index (χ3v) is 3.52. The molecule has 2 heterocycles. The van der Waals surface area contributed by atoms with Gasteiger partial charge in [-0.05, 0) is 13.0 Å². The molecule has 3 nitrogen and oxygen atoms in total. The van der Waals surface area contributed by atoms with Crippen LogP contribution in [0.25, 0.3) is 10.2 Å². The fourth-order valence-electron chi connectivity index (χ4n) is 1.21. The fourth-order valence-corrected chi connectivity index (χ4v) is 2.69. The number of nitrogens with one attached hydrogen (secondary N) is 1. The lowest BCUT2D eigenvalue weighted by molar-refractivity contribution is 0.982. The minimum atomic E-state index is -0.0936. The quantitative estimate of drug-likeness (QED) is 0.493. The van der Waals surface area contributed by atoms with Crippen molar-refractivity contribution in [1.29, 1.82) is 0 Å². The molecule has 2 aromatic heterocycles. The first-order valence-corrected chi connectivity index (χ1v) is 6.07. The van der Waals surface area contributed by atoms with Gasteiger partial charge in [0.15, 0.2) is 5.16 Å². The van der Waals surface area contributed by atoms with Crippen molar-refractivity contribution < 1.29 is 0 Å². The van der Waals surface area contributed by atoms with Crippen LogP contribution in [0.5, 0.6) is 0 Å². The molecule has 2 aromatic rings. The molecule has 0 amide bonds. The number of aryl methyl sites for hydroxylation is 1. The van der Waals surface area contributed by atoms with E-state index in [1.54, 1.807) is 0 Å². The van der Waals surface area contributed by atoms with Crippen LogP contribution in [0.1, 0.15) is 4.88 Å². The topological polar surface area (TPSA) is 45.8 Å². The van der Waals surface area contributed by atoms with Gasteiger partial charge in [0.25, 0.3) is 5.56 Å². The Labute approximate surface area is 94.9 Å². The molecule has 5 heteroatoms. The van der Waals surface area contributed by atoms with Gasteiger partial charge in [-0.2, -0.15) is 0 Å². The molecule has 0 saturated carbocycles. The van der Waals surface area contributed by atoms with Crippen molar-refractivity contribution in [2.75, 3.05) is 5.75 Å². The molecule has 0 spiro atoms. The second-order valence-electron chi connectivity index (χ2n) is 2.94. The van der Waals surface area contributed by atoms with Crippen molar-refractivity contribution in [3.05, 3.63) is 21.3 Å². The van der Waals surface area contributed by atoms with Crippen LogP contribution in [0.2, 0.25) is 0 Å². The number of fused-ring (bicyclic) bond motifs is 1. The maximum Gasteiger partial charge on any atom is 0.260 e. The molecule has 0 atom stereocenters. The Balaban J connectivity index is 2.53. The largest absolute Gasteiger partial charge is 0.301 e. The molecule has 76 valence electrons. The number of nitrogens with zero attached hydrogens (tertiary/aromatic N) is 1. The summed E-state index contributed by atoms with van der Waals surface area (Å²) in [7, 11) is 0. The molecule has 0 radical (unpaired) electrons. The zero-order chi connectivity index (χ0) is 10.8. The summed E-state index contributed by atoms with van der Waals surface area (Å²) in [6.45, 7) is 1.96. The number of thiophene rings is 1. The number of aromatic nitrogens is 2. The molecule has 0 aromatic carbocycles. The molecular weight excluding hydrogens is 228 g/mol. The summed E-state index contributed by atoms with van der Waals surface area (Å²) in [6.07, 6.45) is 5.14. The number of thioether (sulfide) groups is 1. The molecule has 0 saturated heterocycles. The third kappa shape index (κ3) is 2.06. The molecular formula is C10H8N2OS2. The average molecular weight is 236 g/mol. The summed E-state index contributed by atoms with van der Waals surface area (Å²) in [5.74, 6) is 3.01. The first-order chi connectivity index (χ1) is 7.20. The monoisotopic (exact) mass is 236 g/mol. The van der Waals surface area contributed by atoms with Crippen molar-refractivity contribution in [2.45, 2.75) is 12.1 Å². The summed E-state index contributed by atoms with van der Waals surface area (Å²) in [5, 5.41) is 1.25. The lowest BCUT2D eigenvalue weighted by Gasteiger charge is -1.95. The molecule has 0 aliphatic heterocycles. The highest BCUT2D eigenvalue weighted by Gasteiger charge is 2.06. The van der Waals surface area contributed by atoms with Crippen molar-refractivity contribution in [3.63, 3.8) is 0 Å². The number of hydrogen-bond donors (Lipinski definition) is 1. The van der Waals surface area contributed by atoms with Crippen LogP contribution < -0.4 is 5.56 Å². The van der Waals surface area contributed by atoms with Crippen LogP contribution >= 0.6 is 23.1 Å². The van der Waals surface area contributed by atoms with E-state index in [2.05, 4.69) is 15.9 Å². The van der Waals surface area contributed by atoms with Crippen LogP contribution in [0, 0.1) is 19.3 Å². The molecule has 0 bridgehead atoms. The van der Waals surface area contributed by atoms with Gasteiger partial charge < -0.3 is 4.98 Å². The van der Waals surface area contributed by atoms with Crippen molar-refractivity contribution in [2.24, 2.45) is 0 Å². The molecule has 0 aliphatic carbocycles. The molecule has 2 rings (SSSR count). The van der Waals surface area contributed by atoms with E-state index in [9.17, 15) is 4.79 Å². The van der Waals surface area contributed by atoms with Crippen molar-refractivity contribution in [1.82, 2.24) is 9.97 Å². The van der Waals surface area contributed by atoms with Crippen LogP contribution in [-0.2, 0) is 0 Å². The molecule has 0 fully saturated rings. The lowest BCUT2D eigenvalue weighted by Crippen LogP contribution is -2.07. The Bertz CT molecular complexity index is 591. The number of aromatic amines is 1. The number of H-pyrrole nitrogens is 1.